The molecule has 3 nitrogen and oxygen atoms in total. The van der Waals surface area contributed by atoms with Crippen molar-refractivity contribution in [2.45, 2.75) is 25.6 Å². The SMILES string of the molecule is COC1c2cc(Cl)cc(C=O)c2OC1(C)C. The first-order valence-corrected chi connectivity index (χ1v) is 5.38. The van der Waals surface area contributed by atoms with Crippen molar-refractivity contribution in [3.8, 4) is 5.75 Å². The first-order valence-electron chi connectivity index (χ1n) is 5.00. The molecule has 86 valence electrons. The smallest absolute Gasteiger partial charge is 0.153 e. The van der Waals surface area contributed by atoms with Crippen LogP contribution >= 0.6 is 11.6 Å². The van der Waals surface area contributed by atoms with E-state index in [0.717, 1.165) is 11.8 Å². The summed E-state index contributed by atoms with van der Waals surface area (Å²) in [4.78, 5) is 10.9. The van der Waals surface area contributed by atoms with Gasteiger partial charge in [0.2, 0.25) is 0 Å². The maximum absolute atomic E-state index is 10.9. The lowest BCUT2D eigenvalue weighted by molar-refractivity contribution is -0.0279. The van der Waals surface area contributed by atoms with Gasteiger partial charge in [-0.15, -0.1) is 0 Å². The van der Waals surface area contributed by atoms with E-state index in [1.807, 2.05) is 13.8 Å². The Balaban J connectivity index is 2.62. The van der Waals surface area contributed by atoms with Gasteiger partial charge in [-0.25, -0.2) is 0 Å². The molecule has 0 saturated heterocycles. The summed E-state index contributed by atoms with van der Waals surface area (Å²) >= 11 is 5.95. The second kappa shape index (κ2) is 3.75. The monoisotopic (exact) mass is 240 g/mol. The molecular formula is C12H13ClO3. The largest absolute Gasteiger partial charge is 0.484 e. The van der Waals surface area contributed by atoms with Crippen LogP contribution in [0.25, 0.3) is 0 Å². The number of hydrogen-bond donors (Lipinski definition) is 0. The highest BCUT2D eigenvalue weighted by Gasteiger charge is 2.42. The van der Waals surface area contributed by atoms with Crippen LogP contribution in [-0.2, 0) is 4.74 Å². The molecule has 0 bridgehead atoms. The first-order chi connectivity index (χ1) is 7.49. The Bertz CT molecular complexity index is 440. The van der Waals surface area contributed by atoms with E-state index in [0.29, 0.717) is 16.3 Å². The van der Waals surface area contributed by atoms with Crippen molar-refractivity contribution in [3.05, 3.63) is 28.3 Å². The van der Waals surface area contributed by atoms with Crippen molar-refractivity contribution in [2.24, 2.45) is 0 Å². The Labute approximate surface area is 99.3 Å². The van der Waals surface area contributed by atoms with E-state index >= 15 is 0 Å². The van der Waals surface area contributed by atoms with E-state index in [9.17, 15) is 4.79 Å². The third kappa shape index (κ3) is 1.60. The summed E-state index contributed by atoms with van der Waals surface area (Å²) < 4.78 is 11.2. The van der Waals surface area contributed by atoms with Crippen molar-refractivity contribution in [3.63, 3.8) is 0 Å². The standard InChI is InChI=1S/C12H13ClO3/c1-12(2)11(15-3)9-5-8(13)4-7(6-14)10(9)16-12/h4-6,11H,1-3H3. The number of carbonyl (C=O) groups is 1. The molecule has 1 aromatic carbocycles. The summed E-state index contributed by atoms with van der Waals surface area (Å²) in [6, 6.07) is 3.38. The van der Waals surface area contributed by atoms with Gasteiger partial charge in [0, 0.05) is 17.7 Å². The van der Waals surface area contributed by atoms with Crippen LogP contribution in [0, 0.1) is 0 Å². The predicted molar refractivity (Wildman–Crippen MR) is 61.3 cm³/mol. The van der Waals surface area contributed by atoms with Gasteiger partial charge < -0.3 is 9.47 Å². The Morgan fingerprint density at radius 2 is 2.19 bits per heavy atom. The lowest BCUT2D eigenvalue weighted by Gasteiger charge is -2.24. The van der Waals surface area contributed by atoms with Crippen molar-refractivity contribution in [1.29, 1.82) is 0 Å². The minimum atomic E-state index is -0.487. The Morgan fingerprint density at radius 3 is 2.75 bits per heavy atom. The number of carbonyl (C=O) groups excluding carboxylic acids is 1. The van der Waals surface area contributed by atoms with Gasteiger partial charge in [0.25, 0.3) is 0 Å². The molecule has 0 aliphatic carbocycles. The highest BCUT2D eigenvalue weighted by atomic mass is 35.5. The molecule has 1 aliphatic rings. The molecule has 0 saturated carbocycles. The minimum Gasteiger partial charge on any atom is -0.484 e. The van der Waals surface area contributed by atoms with Gasteiger partial charge in [-0.2, -0.15) is 0 Å². The van der Waals surface area contributed by atoms with Crippen molar-refractivity contribution in [2.75, 3.05) is 7.11 Å². The number of aldehydes is 1. The van der Waals surface area contributed by atoms with Gasteiger partial charge in [-0.05, 0) is 26.0 Å². The van der Waals surface area contributed by atoms with Gasteiger partial charge in [-0.3, -0.25) is 4.79 Å². The summed E-state index contributed by atoms with van der Waals surface area (Å²) in [6.45, 7) is 3.84. The summed E-state index contributed by atoms with van der Waals surface area (Å²) in [5, 5.41) is 0.518. The molecule has 4 heteroatoms. The third-order valence-electron chi connectivity index (χ3n) is 2.75. The van der Waals surface area contributed by atoms with E-state index in [1.54, 1.807) is 19.2 Å². The highest BCUT2D eigenvalue weighted by Crippen LogP contribution is 2.47. The zero-order valence-electron chi connectivity index (χ0n) is 9.41. The molecule has 1 aromatic rings. The average Bonchev–Trinajstić information content (AvgIpc) is 2.46. The zero-order valence-corrected chi connectivity index (χ0v) is 10.2. The van der Waals surface area contributed by atoms with Gasteiger partial charge in [0.05, 0.1) is 5.56 Å². The molecule has 0 radical (unpaired) electrons. The van der Waals surface area contributed by atoms with Crippen LogP contribution in [0.5, 0.6) is 5.75 Å². The summed E-state index contributed by atoms with van der Waals surface area (Å²) in [5.74, 6) is 0.580. The zero-order chi connectivity index (χ0) is 11.9. The third-order valence-corrected chi connectivity index (χ3v) is 2.97. The molecule has 0 fully saturated rings. The van der Waals surface area contributed by atoms with Gasteiger partial charge in [-0.1, -0.05) is 11.6 Å². The molecular weight excluding hydrogens is 228 g/mol. The molecule has 0 aromatic heterocycles. The lowest BCUT2D eigenvalue weighted by atomic mass is 9.96. The van der Waals surface area contributed by atoms with Crippen LogP contribution < -0.4 is 4.74 Å². The normalized spacial score (nSPS) is 21.4. The Kier molecular flexibility index (Phi) is 2.68. The highest BCUT2D eigenvalue weighted by molar-refractivity contribution is 6.31. The summed E-state index contributed by atoms with van der Waals surface area (Å²) in [7, 11) is 1.62. The van der Waals surface area contributed by atoms with Crippen LogP contribution in [0.2, 0.25) is 5.02 Å². The molecule has 0 spiro atoms. The minimum absolute atomic E-state index is 0.208. The fourth-order valence-electron chi connectivity index (χ4n) is 2.14. The molecule has 0 N–H and O–H groups in total. The second-order valence-electron chi connectivity index (χ2n) is 4.35. The molecule has 1 heterocycles. The fraction of sp³-hybridized carbons (Fsp3) is 0.417. The Hall–Kier alpha value is -1.06. The maximum atomic E-state index is 10.9. The molecule has 16 heavy (non-hydrogen) atoms. The van der Waals surface area contributed by atoms with Crippen molar-refractivity contribution in [1.82, 2.24) is 0 Å². The molecule has 1 aliphatic heterocycles. The number of hydrogen-bond acceptors (Lipinski definition) is 3. The van der Waals surface area contributed by atoms with E-state index in [1.165, 1.54) is 0 Å². The van der Waals surface area contributed by atoms with Crippen molar-refractivity contribution < 1.29 is 14.3 Å². The van der Waals surface area contributed by atoms with E-state index in [-0.39, 0.29) is 6.10 Å². The number of fused-ring (bicyclic) bond motifs is 1. The number of rotatable bonds is 2. The van der Waals surface area contributed by atoms with Crippen LogP contribution in [0.15, 0.2) is 12.1 Å². The molecule has 1 unspecified atom stereocenters. The maximum Gasteiger partial charge on any atom is 0.153 e. The predicted octanol–water partition coefficient (Wildman–Crippen LogP) is 3.01. The van der Waals surface area contributed by atoms with Gasteiger partial charge >= 0.3 is 0 Å². The summed E-state index contributed by atoms with van der Waals surface area (Å²) in [5.41, 5.74) is 0.816. The van der Waals surface area contributed by atoms with Crippen molar-refractivity contribution >= 4 is 17.9 Å². The molecule has 0 amide bonds. The van der Waals surface area contributed by atoms with E-state index in [4.69, 9.17) is 21.1 Å². The Morgan fingerprint density at radius 1 is 1.50 bits per heavy atom. The first kappa shape index (κ1) is 11.4. The van der Waals surface area contributed by atoms with E-state index in [2.05, 4.69) is 0 Å². The van der Waals surface area contributed by atoms with Crippen LogP contribution in [0.1, 0.15) is 35.9 Å². The summed E-state index contributed by atoms with van der Waals surface area (Å²) in [6.07, 6.45) is 0.540. The number of halogens is 1. The average molecular weight is 241 g/mol. The van der Waals surface area contributed by atoms with Gasteiger partial charge in [0.15, 0.2) is 6.29 Å². The van der Waals surface area contributed by atoms with Crippen LogP contribution in [0.3, 0.4) is 0 Å². The van der Waals surface area contributed by atoms with Crippen LogP contribution in [-0.4, -0.2) is 19.0 Å². The van der Waals surface area contributed by atoms with Gasteiger partial charge in [0.1, 0.15) is 17.5 Å². The quantitative estimate of drug-likeness (QED) is 0.746. The second-order valence-corrected chi connectivity index (χ2v) is 4.79. The number of methoxy groups -OCH3 is 1. The lowest BCUT2D eigenvalue weighted by Crippen LogP contribution is -2.31. The van der Waals surface area contributed by atoms with E-state index < -0.39 is 5.60 Å². The molecule has 2 rings (SSSR count). The molecule has 1 atom stereocenters. The number of ether oxygens (including phenoxy) is 2. The topological polar surface area (TPSA) is 35.5 Å². The van der Waals surface area contributed by atoms with Crippen LogP contribution in [0.4, 0.5) is 0 Å². The number of benzene rings is 1. The fourth-order valence-corrected chi connectivity index (χ4v) is 2.37.